The summed E-state index contributed by atoms with van der Waals surface area (Å²) in [6.07, 6.45) is -7.73. The van der Waals surface area contributed by atoms with Gasteiger partial charge in [0.15, 0.2) is 17.3 Å². The van der Waals surface area contributed by atoms with Gasteiger partial charge in [-0.1, -0.05) is 0 Å². The van der Waals surface area contributed by atoms with Crippen molar-refractivity contribution in [3.8, 4) is 40.1 Å². The molecule has 0 saturated carbocycles. The summed E-state index contributed by atoms with van der Waals surface area (Å²) in [5.74, 6) is -2.97. The number of phenolic OH excluding ortho intramolecular Hbond substituents is 3. The molecule has 8 N–H and O–H groups in total. The van der Waals surface area contributed by atoms with Crippen LogP contribution in [-0.2, 0) is 4.74 Å². The van der Waals surface area contributed by atoms with Crippen LogP contribution >= 0.6 is 0 Å². The van der Waals surface area contributed by atoms with Crippen LogP contribution in [0.2, 0.25) is 0 Å². The molecule has 0 amide bonds. The molecule has 0 radical (unpaired) electrons. The summed E-state index contributed by atoms with van der Waals surface area (Å²) in [7, 11) is 0. The molecule has 176 valence electrons. The number of hydrogen-bond acceptors (Lipinski definition) is 12. The van der Waals surface area contributed by atoms with Crippen molar-refractivity contribution in [1.29, 1.82) is 0 Å². The van der Waals surface area contributed by atoms with Gasteiger partial charge >= 0.3 is 0 Å². The van der Waals surface area contributed by atoms with Gasteiger partial charge in [-0.25, -0.2) is 0 Å². The second-order valence-corrected chi connectivity index (χ2v) is 7.44. The van der Waals surface area contributed by atoms with Crippen LogP contribution in [0.3, 0.4) is 0 Å². The number of aromatic hydroxyl groups is 4. The van der Waals surface area contributed by atoms with Crippen LogP contribution < -0.4 is 10.2 Å². The standard InChI is InChI=1S/C21H20O12/c22-6-13-15(26)17(28)19(30)21(33-13)32-11-2-1-7(3-9(11)24)20-18(29)16(27)14-10(25)4-8(23)5-12(14)31-20/h1-5,13,15,17,19,21-26,28-30H,6H2/t13-,15-,17-,19-,21-/m0/s1. The fourth-order valence-electron chi connectivity index (χ4n) is 3.52. The molecule has 5 atom stereocenters. The molecule has 0 unspecified atom stereocenters. The lowest BCUT2D eigenvalue weighted by atomic mass is 9.99. The minimum absolute atomic E-state index is 0.0213. The summed E-state index contributed by atoms with van der Waals surface area (Å²) in [6.45, 7) is -0.666. The van der Waals surface area contributed by atoms with Gasteiger partial charge < -0.3 is 54.7 Å². The second kappa shape index (κ2) is 8.42. The van der Waals surface area contributed by atoms with Crippen molar-refractivity contribution in [3.05, 3.63) is 40.6 Å². The summed E-state index contributed by atoms with van der Waals surface area (Å²) in [6, 6.07) is 5.51. The molecule has 2 heterocycles. The van der Waals surface area contributed by atoms with Gasteiger partial charge in [-0.3, -0.25) is 4.79 Å². The molecule has 33 heavy (non-hydrogen) atoms. The van der Waals surface area contributed by atoms with E-state index in [1.807, 2.05) is 0 Å². The zero-order chi connectivity index (χ0) is 24.0. The lowest BCUT2D eigenvalue weighted by Crippen LogP contribution is -2.60. The molecular formula is C21H20O12. The summed E-state index contributed by atoms with van der Waals surface area (Å²) in [5.41, 5.74) is -1.16. The molecule has 1 aliphatic heterocycles. The highest BCUT2D eigenvalue weighted by atomic mass is 16.7. The molecule has 12 nitrogen and oxygen atoms in total. The Labute approximate surface area is 184 Å². The van der Waals surface area contributed by atoms with Crippen LogP contribution in [0, 0.1) is 0 Å². The van der Waals surface area contributed by atoms with Gasteiger partial charge in [-0.15, -0.1) is 0 Å². The Morgan fingerprint density at radius 3 is 2.30 bits per heavy atom. The van der Waals surface area contributed by atoms with E-state index < -0.39 is 60.0 Å². The monoisotopic (exact) mass is 464 g/mol. The maximum absolute atomic E-state index is 12.5. The number of aliphatic hydroxyl groups excluding tert-OH is 4. The Bertz CT molecular complexity index is 1250. The molecule has 4 rings (SSSR count). The normalized spacial score (nSPS) is 25.3. The van der Waals surface area contributed by atoms with Gasteiger partial charge in [0.05, 0.1) is 6.61 Å². The molecule has 1 aliphatic rings. The van der Waals surface area contributed by atoms with E-state index >= 15 is 0 Å². The summed E-state index contributed by atoms with van der Waals surface area (Å²) in [4.78, 5) is 12.5. The predicted octanol–water partition coefficient (Wildman–Crippen LogP) is -0.539. The summed E-state index contributed by atoms with van der Waals surface area (Å²) in [5, 5.41) is 78.8. The number of ether oxygens (including phenoxy) is 2. The summed E-state index contributed by atoms with van der Waals surface area (Å²) >= 11 is 0. The maximum atomic E-state index is 12.5. The molecule has 2 aromatic carbocycles. The predicted molar refractivity (Wildman–Crippen MR) is 109 cm³/mol. The van der Waals surface area contributed by atoms with E-state index in [2.05, 4.69) is 0 Å². The smallest absolute Gasteiger partial charge is 0.238 e. The average Bonchev–Trinajstić information content (AvgIpc) is 2.77. The van der Waals surface area contributed by atoms with Gasteiger partial charge in [0, 0.05) is 17.7 Å². The number of fused-ring (bicyclic) bond motifs is 1. The van der Waals surface area contributed by atoms with E-state index in [0.29, 0.717) is 0 Å². The highest BCUT2D eigenvalue weighted by Crippen LogP contribution is 2.39. The van der Waals surface area contributed by atoms with Crippen LogP contribution in [-0.4, -0.2) is 78.2 Å². The Morgan fingerprint density at radius 2 is 1.64 bits per heavy atom. The van der Waals surface area contributed by atoms with Gasteiger partial charge in [-0.05, 0) is 18.2 Å². The molecule has 0 bridgehead atoms. The van der Waals surface area contributed by atoms with E-state index in [9.17, 15) is 45.6 Å². The molecule has 12 heteroatoms. The highest BCUT2D eigenvalue weighted by molar-refractivity contribution is 5.88. The van der Waals surface area contributed by atoms with Crippen molar-refractivity contribution >= 4 is 11.0 Å². The topological polar surface area (TPSA) is 211 Å². The van der Waals surface area contributed by atoms with Crippen LogP contribution in [0.15, 0.2) is 39.5 Å². The zero-order valence-electron chi connectivity index (χ0n) is 16.7. The molecule has 1 aromatic heterocycles. The van der Waals surface area contributed by atoms with E-state index in [1.54, 1.807) is 0 Å². The number of rotatable bonds is 4. The van der Waals surface area contributed by atoms with Crippen molar-refractivity contribution < 1.29 is 54.7 Å². The van der Waals surface area contributed by atoms with Crippen LogP contribution in [0.25, 0.3) is 22.3 Å². The molecule has 3 aromatic rings. The second-order valence-electron chi connectivity index (χ2n) is 7.44. The molecule has 1 saturated heterocycles. The first-order chi connectivity index (χ1) is 15.6. The molecule has 0 aliphatic carbocycles. The highest BCUT2D eigenvalue weighted by Gasteiger charge is 2.45. The Balaban J connectivity index is 1.68. The Hall–Kier alpha value is -3.55. The van der Waals surface area contributed by atoms with Crippen molar-refractivity contribution in [1.82, 2.24) is 0 Å². The van der Waals surface area contributed by atoms with Gasteiger partial charge in [0.2, 0.25) is 17.5 Å². The Kier molecular flexibility index (Phi) is 5.78. The van der Waals surface area contributed by atoms with Gasteiger partial charge in [-0.2, -0.15) is 0 Å². The average molecular weight is 464 g/mol. The van der Waals surface area contributed by atoms with Crippen molar-refractivity contribution in [2.24, 2.45) is 0 Å². The first-order valence-corrected chi connectivity index (χ1v) is 9.64. The largest absolute Gasteiger partial charge is 0.508 e. The lowest BCUT2D eigenvalue weighted by molar-refractivity contribution is -0.277. The SMILES string of the molecule is O=c1c(O)c(-c2ccc(O[C@H]3O[C@@H](CO)[C@H](O)[C@H](O)[C@@H]3O)c(O)c2)oc2cc(O)cc(O)c12. The third kappa shape index (κ3) is 3.90. The third-order valence-corrected chi connectivity index (χ3v) is 5.25. The van der Waals surface area contributed by atoms with Gasteiger partial charge in [0.1, 0.15) is 46.9 Å². The quantitative estimate of drug-likeness (QED) is 0.245. The van der Waals surface area contributed by atoms with E-state index in [-0.39, 0.29) is 33.8 Å². The van der Waals surface area contributed by atoms with E-state index in [4.69, 9.17) is 13.9 Å². The molecular weight excluding hydrogens is 444 g/mol. The summed E-state index contributed by atoms with van der Waals surface area (Å²) < 4.78 is 16.1. The minimum Gasteiger partial charge on any atom is -0.508 e. The van der Waals surface area contributed by atoms with Crippen LogP contribution in [0.1, 0.15) is 0 Å². The zero-order valence-corrected chi connectivity index (χ0v) is 16.7. The first-order valence-electron chi connectivity index (χ1n) is 9.64. The maximum Gasteiger partial charge on any atom is 0.238 e. The molecule has 0 spiro atoms. The Morgan fingerprint density at radius 1 is 0.909 bits per heavy atom. The lowest BCUT2D eigenvalue weighted by Gasteiger charge is -2.39. The third-order valence-electron chi connectivity index (χ3n) is 5.25. The number of hydrogen-bond donors (Lipinski definition) is 8. The van der Waals surface area contributed by atoms with Gasteiger partial charge in [0.25, 0.3) is 0 Å². The van der Waals surface area contributed by atoms with Crippen LogP contribution in [0.4, 0.5) is 0 Å². The number of benzene rings is 2. The van der Waals surface area contributed by atoms with E-state index in [0.717, 1.165) is 18.2 Å². The minimum atomic E-state index is -1.70. The van der Waals surface area contributed by atoms with Crippen molar-refractivity contribution in [3.63, 3.8) is 0 Å². The number of phenols is 3. The molecule has 1 fully saturated rings. The van der Waals surface area contributed by atoms with Crippen molar-refractivity contribution in [2.75, 3.05) is 6.61 Å². The van der Waals surface area contributed by atoms with Crippen molar-refractivity contribution in [2.45, 2.75) is 30.7 Å². The fourth-order valence-corrected chi connectivity index (χ4v) is 3.52. The van der Waals surface area contributed by atoms with E-state index in [1.165, 1.54) is 12.1 Å². The first kappa shape index (κ1) is 22.6. The number of aliphatic hydroxyl groups is 4. The fraction of sp³-hybridized carbons (Fsp3) is 0.286. The van der Waals surface area contributed by atoms with Crippen LogP contribution in [0.5, 0.6) is 28.7 Å².